The predicted molar refractivity (Wildman–Crippen MR) is 236 cm³/mol. The molecule has 0 aliphatic carbocycles. The summed E-state index contributed by atoms with van der Waals surface area (Å²) >= 11 is 0. The zero-order valence-corrected chi connectivity index (χ0v) is 38.2. The Morgan fingerprint density at radius 3 is 1.54 bits per heavy atom. The molecule has 346 valence electrons. The van der Waals surface area contributed by atoms with Gasteiger partial charge in [-0.3, -0.25) is 19.2 Å². The number of carboxylic acid groups (broad SMARTS) is 1. The van der Waals surface area contributed by atoms with E-state index in [1.165, 1.54) is 129 Å². The van der Waals surface area contributed by atoms with E-state index in [1.54, 1.807) is 4.90 Å². The Balaban J connectivity index is 2.75. The number of hydrogen-bond donors (Lipinski definition) is 5. The molecule has 1 aliphatic heterocycles. The summed E-state index contributed by atoms with van der Waals surface area (Å²) in [5.74, 6) is -2.27. The number of unbranched alkanes of at least 4 members (excludes halogenated alkanes) is 23. The van der Waals surface area contributed by atoms with Crippen LogP contribution in [0.2, 0.25) is 0 Å². The highest BCUT2D eigenvalue weighted by atomic mass is 16.7. The lowest BCUT2D eigenvalue weighted by molar-refractivity contribution is -0.259. The molecule has 0 unspecified atom stereocenters. The number of rotatable bonds is 38. The summed E-state index contributed by atoms with van der Waals surface area (Å²) in [4.78, 5) is 52.3. The molecule has 1 rings (SSSR count). The van der Waals surface area contributed by atoms with Gasteiger partial charge in [-0.25, -0.2) is 0 Å². The molecule has 0 spiro atoms. The van der Waals surface area contributed by atoms with E-state index >= 15 is 0 Å². The average Bonchev–Trinajstić information content (AvgIpc) is 3.20. The number of aliphatic hydroxyl groups is 2. The molecule has 1 aliphatic rings. The maximum Gasteiger partial charge on any atom is 0.303 e. The Hall–Kier alpha value is -2.28. The summed E-state index contributed by atoms with van der Waals surface area (Å²) in [7, 11) is 1.38. The van der Waals surface area contributed by atoms with Gasteiger partial charge in [-0.1, -0.05) is 175 Å². The molecule has 59 heavy (non-hydrogen) atoms. The molecule has 1 fully saturated rings. The van der Waals surface area contributed by atoms with Crippen LogP contribution in [0.3, 0.4) is 0 Å². The second-order valence-electron chi connectivity index (χ2n) is 17.7. The molecule has 0 aromatic rings. The van der Waals surface area contributed by atoms with Crippen LogP contribution in [0.25, 0.3) is 0 Å². The minimum atomic E-state index is -1.48. The van der Waals surface area contributed by atoms with E-state index in [9.17, 15) is 29.4 Å². The first kappa shape index (κ1) is 54.7. The zero-order chi connectivity index (χ0) is 43.7. The number of methoxy groups -OCH3 is 1. The lowest BCUT2D eigenvalue weighted by atomic mass is 9.95. The fourth-order valence-corrected chi connectivity index (χ4v) is 8.02. The van der Waals surface area contributed by atoms with Crippen molar-refractivity contribution in [2.24, 2.45) is 5.92 Å². The summed E-state index contributed by atoms with van der Waals surface area (Å²) in [6.07, 6.45) is 25.7. The summed E-state index contributed by atoms with van der Waals surface area (Å²) in [5.41, 5.74) is 0. The fraction of sp³-hybridized carbons (Fsp3) is 0.915. The van der Waals surface area contributed by atoms with Crippen LogP contribution in [0.4, 0.5) is 0 Å². The molecule has 0 aromatic carbocycles. The summed E-state index contributed by atoms with van der Waals surface area (Å²) in [6, 6.07) is -2.15. The molecule has 0 radical (unpaired) electrons. The van der Waals surface area contributed by atoms with E-state index in [-0.39, 0.29) is 37.6 Å². The first-order valence-electron chi connectivity index (χ1n) is 24.1. The van der Waals surface area contributed by atoms with E-state index in [2.05, 4.69) is 24.5 Å². The third-order valence-electron chi connectivity index (χ3n) is 11.7. The first-order valence-corrected chi connectivity index (χ1v) is 24.1. The molecule has 0 bridgehead atoms. The van der Waals surface area contributed by atoms with Gasteiger partial charge >= 0.3 is 5.97 Å². The van der Waals surface area contributed by atoms with Gasteiger partial charge in [0.25, 0.3) is 0 Å². The summed E-state index contributed by atoms with van der Waals surface area (Å²) in [6.45, 7) is 8.88. The van der Waals surface area contributed by atoms with Gasteiger partial charge in [-0.2, -0.15) is 0 Å². The van der Waals surface area contributed by atoms with Crippen LogP contribution in [0.1, 0.15) is 214 Å². The molecule has 6 atom stereocenters. The maximum atomic E-state index is 13.7. The number of ether oxygens (including phenoxy) is 2. The van der Waals surface area contributed by atoms with Crippen LogP contribution in [-0.4, -0.2) is 101 Å². The van der Waals surface area contributed by atoms with Crippen molar-refractivity contribution in [2.75, 3.05) is 20.2 Å². The van der Waals surface area contributed by atoms with Gasteiger partial charge in [0.1, 0.15) is 30.4 Å². The van der Waals surface area contributed by atoms with Crippen molar-refractivity contribution in [3.8, 4) is 0 Å². The van der Waals surface area contributed by atoms with Crippen LogP contribution in [0.15, 0.2) is 0 Å². The van der Waals surface area contributed by atoms with E-state index in [0.29, 0.717) is 13.0 Å². The largest absolute Gasteiger partial charge is 0.481 e. The highest BCUT2D eigenvalue weighted by molar-refractivity contribution is 5.88. The molecule has 12 heteroatoms. The van der Waals surface area contributed by atoms with Crippen molar-refractivity contribution in [1.82, 2.24) is 15.5 Å². The van der Waals surface area contributed by atoms with Crippen molar-refractivity contribution in [1.29, 1.82) is 0 Å². The lowest BCUT2D eigenvalue weighted by Crippen LogP contribution is -2.67. The van der Waals surface area contributed by atoms with Crippen LogP contribution in [-0.2, 0) is 28.7 Å². The van der Waals surface area contributed by atoms with Crippen molar-refractivity contribution >= 4 is 23.7 Å². The second-order valence-corrected chi connectivity index (χ2v) is 17.7. The average molecular weight is 840 g/mol. The molecule has 0 aromatic heterocycles. The first-order chi connectivity index (χ1) is 28.4. The van der Waals surface area contributed by atoms with Crippen LogP contribution < -0.4 is 10.6 Å². The number of carboxylic acids is 1. The van der Waals surface area contributed by atoms with Gasteiger partial charge in [-0.05, 0) is 25.2 Å². The van der Waals surface area contributed by atoms with Crippen LogP contribution in [0, 0.1) is 5.92 Å². The smallest absolute Gasteiger partial charge is 0.303 e. The second kappa shape index (κ2) is 35.3. The Kier molecular flexibility index (Phi) is 32.8. The lowest BCUT2D eigenvalue weighted by Gasteiger charge is -2.44. The molecule has 12 nitrogen and oxygen atoms in total. The summed E-state index contributed by atoms with van der Waals surface area (Å²) in [5, 5.41) is 36.9. The molecule has 3 amide bonds. The minimum absolute atomic E-state index is 0.0127. The van der Waals surface area contributed by atoms with E-state index in [0.717, 1.165) is 38.5 Å². The fourth-order valence-electron chi connectivity index (χ4n) is 8.02. The van der Waals surface area contributed by atoms with Gasteiger partial charge in [-0.15, -0.1) is 0 Å². The SMILES string of the molecule is CCCCCCCCCCCCCCCCCCN(C[C@H]1O[C@H](OC)[C@H](NC(=O)[C@H](CC(C)C)NC(=O)CCC(=O)O)[C@@H](O)[C@@H]1O)C(=O)CCCCCCCCCCC. The third-order valence-corrected chi connectivity index (χ3v) is 11.7. The van der Waals surface area contributed by atoms with Gasteiger partial charge < -0.3 is 40.3 Å². The van der Waals surface area contributed by atoms with Crippen molar-refractivity contribution in [3.63, 3.8) is 0 Å². The minimum Gasteiger partial charge on any atom is -0.481 e. The quantitative estimate of drug-likeness (QED) is 0.0380. The molecule has 1 heterocycles. The Labute approximate surface area is 359 Å². The van der Waals surface area contributed by atoms with E-state index < -0.39 is 54.5 Å². The van der Waals surface area contributed by atoms with Gasteiger partial charge in [0.15, 0.2) is 6.29 Å². The number of carbonyl (C=O) groups is 4. The summed E-state index contributed by atoms with van der Waals surface area (Å²) < 4.78 is 11.7. The third kappa shape index (κ3) is 26.6. The Morgan fingerprint density at radius 1 is 0.644 bits per heavy atom. The highest BCUT2D eigenvalue weighted by Crippen LogP contribution is 2.24. The van der Waals surface area contributed by atoms with Gasteiger partial charge in [0, 0.05) is 33.0 Å². The molecule has 0 saturated carbocycles. The molecular formula is C47H89N3O9. The normalized spacial score (nSPS) is 19.8. The standard InChI is InChI=1S/C47H89N3O9/c1-6-8-10-12-14-16-17-18-19-20-21-22-24-26-28-30-34-50(41(52)31-29-27-25-23-15-13-11-9-7-2)36-39-44(55)45(56)43(47(58-5)59-39)49-46(57)38(35-37(3)4)48-40(51)32-33-42(53)54/h37-39,43-45,47,55-56H,6-36H2,1-5H3,(H,48,51)(H,49,57)(H,53,54)/t38-,39+,43+,44+,45+,47-/m0/s1. The predicted octanol–water partition coefficient (Wildman–Crippen LogP) is 8.97. The molecule has 1 saturated heterocycles. The van der Waals surface area contributed by atoms with E-state index in [1.807, 2.05) is 13.8 Å². The molecule has 5 N–H and O–H groups in total. The zero-order valence-electron chi connectivity index (χ0n) is 38.2. The number of nitrogens with one attached hydrogen (secondary N) is 2. The van der Waals surface area contributed by atoms with Gasteiger partial charge in [0.05, 0.1) is 6.42 Å². The number of hydrogen-bond acceptors (Lipinski definition) is 8. The number of nitrogens with zero attached hydrogens (tertiary/aromatic N) is 1. The topological polar surface area (TPSA) is 175 Å². The highest BCUT2D eigenvalue weighted by Gasteiger charge is 2.46. The van der Waals surface area contributed by atoms with Crippen LogP contribution in [0.5, 0.6) is 0 Å². The van der Waals surface area contributed by atoms with Crippen LogP contribution >= 0.6 is 0 Å². The number of aliphatic hydroxyl groups excluding tert-OH is 2. The number of amides is 3. The van der Waals surface area contributed by atoms with E-state index in [4.69, 9.17) is 14.6 Å². The number of aliphatic carboxylic acids is 1. The Bertz CT molecular complexity index is 1090. The molecular weight excluding hydrogens is 751 g/mol. The number of carbonyl (C=O) groups excluding carboxylic acids is 3. The Morgan fingerprint density at radius 2 is 1.10 bits per heavy atom. The monoisotopic (exact) mass is 840 g/mol. The van der Waals surface area contributed by atoms with Gasteiger partial charge in [0.2, 0.25) is 17.7 Å². The maximum absolute atomic E-state index is 13.7. The van der Waals surface area contributed by atoms with Crippen molar-refractivity contribution < 1.29 is 44.0 Å². The van der Waals surface area contributed by atoms with Crippen molar-refractivity contribution in [3.05, 3.63) is 0 Å². The van der Waals surface area contributed by atoms with Crippen molar-refractivity contribution in [2.45, 2.75) is 251 Å².